The standard InChI is InChI=1S/C58H45N3.C37H25BrN2/c1-4-13-55-49(9-1)50-10-2-5-14-56(50)60(55)46-30-26-41(27-31-46)42-28-32-47(33-29-42)61-57-15-6-3-11-51(57)53-38-40(19-35-58(53)61)18-34-48-43-22-24-44(25-23-43)52(48)37-39-16-20-45(21-17-39)54-12-7-8-36-59-54;38-24-25-13-22-37-33(23-25)32-9-3-6-12-36(32)40(37)29-20-16-27(17-21-29)26-14-18-28(19-15-26)39-34-10-4-1-7-30(34)31-8-2-5-11-35(31)39/h1-22,24,26-36,38,43-44,48,52H,23,25,37H2;1-23H,24H2/b34-18+;/t43?,44?,48?,52-;/m0./s1. The Morgan fingerprint density at radius 1 is 0.317 bits per heavy atom. The SMILES string of the molecule is BrCc1ccc2c(c1)c1ccccc1n2-c1ccc(-c2ccc(-n3c4ccccc4c4ccccc43)cc2)cc1.C1=CC2CCC1C(/C=C/c1ccc3c(c1)c1ccccc1n3-c1ccc(-c3ccc(-n4c5ccccc5c5ccccc54)cc3)cc1)[C@H]2Cc1ccc(-c2ccccn2)cc1. The molecule has 0 N–H and O–H groups in total. The highest BCUT2D eigenvalue weighted by Crippen LogP contribution is 2.48. The lowest BCUT2D eigenvalue weighted by atomic mass is 9.60. The number of fused-ring (bicyclic) bond motifs is 14. The molecule has 2 bridgehead atoms. The minimum Gasteiger partial charge on any atom is -0.309 e. The van der Waals surface area contributed by atoms with Crippen molar-refractivity contribution in [3.05, 3.63) is 363 Å². The molecule has 0 radical (unpaired) electrons. The maximum Gasteiger partial charge on any atom is 0.0701 e. The smallest absolute Gasteiger partial charge is 0.0701 e. The van der Waals surface area contributed by atoms with Gasteiger partial charge >= 0.3 is 0 Å². The zero-order chi connectivity index (χ0) is 66.9. The summed E-state index contributed by atoms with van der Waals surface area (Å²) in [5.41, 5.74) is 25.5. The summed E-state index contributed by atoms with van der Waals surface area (Å²) < 4.78 is 9.53. The van der Waals surface area contributed by atoms with E-state index in [1.807, 2.05) is 12.3 Å². The summed E-state index contributed by atoms with van der Waals surface area (Å²) in [6, 6.07) is 117. The predicted octanol–water partition coefficient (Wildman–Crippen LogP) is 25.1. The number of alkyl halides is 1. The molecule has 3 aliphatic carbocycles. The average molecular weight is 1360 g/mol. The molecule has 5 heterocycles. The summed E-state index contributed by atoms with van der Waals surface area (Å²) in [6.45, 7) is 0. The molecule has 13 aromatic carbocycles. The van der Waals surface area contributed by atoms with Crippen molar-refractivity contribution in [2.24, 2.45) is 23.7 Å². The van der Waals surface area contributed by atoms with Crippen LogP contribution < -0.4 is 0 Å². The number of pyridine rings is 1. The molecule has 482 valence electrons. The first-order valence-corrected chi connectivity index (χ1v) is 36.5. The number of hydrogen-bond donors (Lipinski definition) is 0. The third kappa shape index (κ3) is 10.7. The number of hydrogen-bond acceptors (Lipinski definition) is 1. The zero-order valence-corrected chi connectivity index (χ0v) is 57.3. The number of benzene rings is 13. The van der Waals surface area contributed by atoms with Crippen molar-refractivity contribution in [3.63, 3.8) is 0 Å². The highest BCUT2D eigenvalue weighted by molar-refractivity contribution is 9.08. The molecule has 6 heteroatoms. The molecule has 1 saturated carbocycles. The number of allylic oxidation sites excluding steroid dienone is 3. The van der Waals surface area contributed by atoms with E-state index in [0.717, 1.165) is 17.4 Å². The first kappa shape index (κ1) is 60.4. The molecule has 21 rings (SSSR count). The molecule has 0 saturated heterocycles. The van der Waals surface area contributed by atoms with Gasteiger partial charge in [-0.3, -0.25) is 4.98 Å². The van der Waals surface area contributed by atoms with Crippen LogP contribution in [0.15, 0.2) is 346 Å². The van der Waals surface area contributed by atoms with E-state index in [4.69, 9.17) is 0 Å². The van der Waals surface area contributed by atoms with E-state index in [1.165, 1.54) is 167 Å². The summed E-state index contributed by atoms with van der Waals surface area (Å²) in [4.78, 5) is 4.56. The van der Waals surface area contributed by atoms with Crippen LogP contribution in [0.1, 0.15) is 29.5 Å². The second-order valence-corrected chi connectivity index (χ2v) is 28.0. The summed E-state index contributed by atoms with van der Waals surface area (Å²) in [6.07, 6.45) is 15.5. The molecule has 0 aliphatic heterocycles. The van der Waals surface area contributed by atoms with Gasteiger partial charge in [-0.15, -0.1) is 0 Å². The van der Waals surface area contributed by atoms with Gasteiger partial charge in [-0.2, -0.15) is 0 Å². The predicted molar refractivity (Wildman–Crippen MR) is 428 cm³/mol. The van der Waals surface area contributed by atoms with Gasteiger partial charge < -0.3 is 18.3 Å². The summed E-state index contributed by atoms with van der Waals surface area (Å²) in [7, 11) is 0. The second kappa shape index (κ2) is 25.5. The molecule has 101 heavy (non-hydrogen) atoms. The van der Waals surface area contributed by atoms with Crippen LogP contribution >= 0.6 is 15.9 Å². The van der Waals surface area contributed by atoms with Crippen molar-refractivity contribution in [2.45, 2.75) is 24.6 Å². The Kier molecular flexibility index (Phi) is 15.2. The largest absolute Gasteiger partial charge is 0.309 e. The monoisotopic (exact) mass is 1360 g/mol. The molecular weight excluding hydrogens is 1290 g/mol. The van der Waals surface area contributed by atoms with E-state index < -0.39 is 0 Å². The molecule has 1 fully saturated rings. The van der Waals surface area contributed by atoms with E-state index in [0.29, 0.717) is 23.7 Å². The molecular formula is C95H70BrN5. The van der Waals surface area contributed by atoms with Crippen molar-refractivity contribution in [1.82, 2.24) is 23.3 Å². The van der Waals surface area contributed by atoms with Crippen LogP contribution in [0.25, 0.3) is 150 Å². The third-order valence-electron chi connectivity index (χ3n) is 21.8. The molecule has 3 aliphatic rings. The van der Waals surface area contributed by atoms with Gasteiger partial charge in [-0.05, 0) is 203 Å². The normalized spacial score (nSPS) is 15.9. The molecule has 18 aromatic rings. The Morgan fingerprint density at radius 3 is 1.06 bits per heavy atom. The van der Waals surface area contributed by atoms with E-state index >= 15 is 0 Å². The highest BCUT2D eigenvalue weighted by atomic mass is 79.9. The van der Waals surface area contributed by atoms with E-state index in [-0.39, 0.29) is 0 Å². The van der Waals surface area contributed by atoms with Gasteiger partial charge in [0.1, 0.15) is 0 Å². The Balaban J connectivity index is 0.000000153. The Morgan fingerprint density at radius 2 is 0.663 bits per heavy atom. The van der Waals surface area contributed by atoms with Gasteiger partial charge in [0.25, 0.3) is 0 Å². The van der Waals surface area contributed by atoms with Crippen LogP contribution in [0.5, 0.6) is 0 Å². The van der Waals surface area contributed by atoms with Crippen molar-refractivity contribution in [3.8, 4) is 56.3 Å². The van der Waals surface area contributed by atoms with Crippen LogP contribution in [-0.2, 0) is 11.8 Å². The maximum absolute atomic E-state index is 4.56. The summed E-state index contributed by atoms with van der Waals surface area (Å²) >= 11 is 3.62. The van der Waals surface area contributed by atoms with Crippen molar-refractivity contribution in [2.75, 3.05) is 0 Å². The quantitative estimate of drug-likeness (QED) is 0.0886. The van der Waals surface area contributed by atoms with E-state index in [1.54, 1.807) is 0 Å². The van der Waals surface area contributed by atoms with Crippen LogP contribution in [0.4, 0.5) is 0 Å². The lowest BCUT2D eigenvalue weighted by Gasteiger charge is -2.44. The van der Waals surface area contributed by atoms with Crippen molar-refractivity contribution >= 4 is 109 Å². The van der Waals surface area contributed by atoms with Gasteiger partial charge in [-0.25, -0.2) is 0 Å². The fourth-order valence-electron chi connectivity index (χ4n) is 16.9. The Bertz CT molecular complexity index is 6100. The average Bonchev–Trinajstić information content (AvgIpc) is 1.74. The fourth-order valence-corrected chi connectivity index (χ4v) is 17.3. The van der Waals surface area contributed by atoms with Gasteiger partial charge in [0.05, 0.1) is 49.8 Å². The Hall–Kier alpha value is -11.8. The van der Waals surface area contributed by atoms with Crippen molar-refractivity contribution < 1.29 is 0 Å². The van der Waals surface area contributed by atoms with Gasteiger partial charge in [-0.1, -0.05) is 240 Å². The lowest BCUT2D eigenvalue weighted by molar-refractivity contribution is 0.158. The van der Waals surface area contributed by atoms with E-state index in [2.05, 4.69) is 379 Å². The third-order valence-corrected chi connectivity index (χ3v) is 22.4. The molecule has 0 amide bonds. The Labute approximate surface area is 595 Å². The van der Waals surface area contributed by atoms with Gasteiger partial charge in [0.15, 0.2) is 0 Å². The van der Waals surface area contributed by atoms with Crippen molar-refractivity contribution in [1.29, 1.82) is 0 Å². The lowest BCUT2D eigenvalue weighted by Crippen LogP contribution is -2.37. The summed E-state index contributed by atoms with van der Waals surface area (Å²) in [5.74, 6) is 2.37. The van der Waals surface area contributed by atoms with Crippen LogP contribution in [0.3, 0.4) is 0 Å². The second-order valence-electron chi connectivity index (χ2n) is 27.4. The minimum absolute atomic E-state index is 0.527. The van der Waals surface area contributed by atoms with E-state index in [9.17, 15) is 0 Å². The van der Waals surface area contributed by atoms with Crippen LogP contribution in [-0.4, -0.2) is 23.3 Å². The van der Waals surface area contributed by atoms with Crippen LogP contribution in [0.2, 0.25) is 0 Å². The minimum atomic E-state index is 0.527. The zero-order valence-electron chi connectivity index (χ0n) is 55.7. The number of para-hydroxylation sites is 6. The number of aromatic nitrogens is 5. The van der Waals surface area contributed by atoms with Crippen LogP contribution in [0, 0.1) is 23.7 Å². The molecule has 0 spiro atoms. The first-order chi connectivity index (χ1) is 50.0. The first-order valence-electron chi connectivity index (χ1n) is 35.4. The molecule has 4 atom stereocenters. The summed E-state index contributed by atoms with van der Waals surface area (Å²) in [5, 5.41) is 11.1. The number of rotatable bonds is 12. The van der Waals surface area contributed by atoms with Gasteiger partial charge in [0.2, 0.25) is 0 Å². The maximum atomic E-state index is 4.56. The molecule has 3 unspecified atom stereocenters. The van der Waals surface area contributed by atoms with Gasteiger partial charge in [0, 0.05) is 82.9 Å². The fraction of sp³-hybridized carbons (Fsp3) is 0.0842. The number of halogens is 1. The molecule has 5 nitrogen and oxygen atoms in total. The molecule has 5 aromatic heterocycles. The number of nitrogens with zero attached hydrogens (tertiary/aromatic N) is 5. The highest BCUT2D eigenvalue weighted by Gasteiger charge is 2.39. The topological polar surface area (TPSA) is 32.6 Å².